The van der Waals surface area contributed by atoms with Crippen LogP contribution >= 0.6 is 0 Å². The fraction of sp³-hybridized carbons (Fsp3) is 0.114. The lowest BCUT2D eigenvalue weighted by Crippen LogP contribution is -2.41. The highest BCUT2D eigenvalue weighted by Crippen LogP contribution is 2.24. The maximum absolute atomic E-state index is 13.1. The average Bonchev–Trinajstić information content (AvgIpc) is 3.07. The van der Waals surface area contributed by atoms with Gasteiger partial charge in [-0.2, -0.15) is 0 Å². The molecule has 0 aromatic heterocycles. The molecular formula is C35H28BF8NO2S. The average molecular weight is 689 g/mol. The van der Waals surface area contributed by atoms with Crippen molar-refractivity contribution in [3.8, 4) is 0 Å². The predicted molar refractivity (Wildman–Crippen MR) is 172 cm³/mol. The van der Waals surface area contributed by atoms with E-state index in [1.807, 2.05) is 91.0 Å². The van der Waals surface area contributed by atoms with Gasteiger partial charge in [0.1, 0.15) is 27.8 Å². The number of hydrogen-bond donors (Lipinski definition) is 0. The smallest absolute Gasteiger partial charge is 0.445 e. The fourth-order valence-electron chi connectivity index (χ4n) is 4.74. The number of anilines is 1. The van der Waals surface area contributed by atoms with Crippen molar-refractivity contribution in [2.75, 3.05) is 16.9 Å². The topological polar surface area (TPSA) is 37.4 Å². The number of carbonyl (C=O) groups excluding carboxylic acids is 1. The van der Waals surface area contributed by atoms with Crippen molar-refractivity contribution in [1.82, 2.24) is 0 Å². The molecule has 0 fully saturated rings. The molecule has 13 heteroatoms. The summed E-state index contributed by atoms with van der Waals surface area (Å²) in [5.74, 6) is -13.7. The van der Waals surface area contributed by atoms with Crippen LogP contribution < -0.4 is 10.4 Å². The van der Waals surface area contributed by atoms with Crippen molar-refractivity contribution >= 4 is 33.8 Å². The Labute approximate surface area is 273 Å². The molecule has 5 aromatic carbocycles. The number of benzene rings is 5. The van der Waals surface area contributed by atoms with Crippen molar-refractivity contribution in [3.05, 3.63) is 161 Å². The van der Waals surface area contributed by atoms with Crippen molar-refractivity contribution < 1.29 is 43.9 Å². The Morgan fingerprint density at radius 3 is 1.42 bits per heavy atom. The molecule has 0 bridgehead atoms. The van der Waals surface area contributed by atoms with Crippen molar-refractivity contribution in [2.45, 2.75) is 18.0 Å². The van der Waals surface area contributed by atoms with E-state index in [1.165, 1.54) is 11.1 Å². The van der Waals surface area contributed by atoms with Crippen molar-refractivity contribution in [1.29, 1.82) is 0 Å². The standard InChI is InChI=1S/C29H28NO2S.C6BF8/c1-33(32,28-15-9-4-10-16-28)23-29(31)26-17-19-27(20-18-26)30(21-24-11-5-2-6-12-24)22-25-13-7-3-8-14-25;8-2-1(7(13,14)15)3(9)5(11)6(12)4(2)10/h2-20H,21-23H2,1H3;/q+1;-1. The van der Waals surface area contributed by atoms with Gasteiger partial charge < -0.3 is 17.8 Å². The molecular weight excluding hydrogens is 661 g/mol. The Balaban J connectivity index is 0.000000291. The van der Waals surface area contributed by atoms with E-state index >= 15 is 0 Å². The summed E-state index contributed by atoms with van der Waals surface area (Å²) >= 11 is 0. The van der Waals surface area contributed by atoms with E-state index in [9.17, 15) is 43.9 Å². The molecule has 5 aromatic rings. The van der Waals surface area contributed by atoms with Crippen LogP contribution in [0.5, 0.6) is 0 Å². The molecule has 0 saturated heterocycles. The molecule has 48 heavy (non-hydrogen) atoms. The van der Waals surface area contributed by atoms with Crippen LogP contribution in [0.4, 0.5) is 40.6 Å². The molecule has 0 aliphatic heterocycles. The highest BCUT2D eigenvalue weighted by atomic mass is 32.2. The zero-order chi connectivity index (χ0) is 35.1. The zero-order valence-electron chi connectivity index (χ0n) is 25.4. The van der Waals surface area contributed by atoms with E-state index in [0.717, 1.165) is 18.8 Å². The molecule has 250 valence electrons. The molecule has 0 aliphatic rings. The van der Waals surface area contributed by atoms with Crippen LogP contribution in [-0.2, 0) is 27.2 Å². The maximum Gasteiger partial charge on any atom is 0.515 e. The van der Waals surface area contributed by atoms with Gasteiger partial charge in [0.25, 0.3) is 0 Å². The summed E-state index contributed by atoms with van der Waals surface area (Å²) in [5, 5.41) is 0. The van der Waals surface area contributed by atoms with Crippen LogP contribution in [0.1, 0.15) is 21.5 Å². The summed E-state index contributed by atoms with van der Waals surface area (Å²) in [6, 6.07) is 37.6. The zero-order valence-corrected chi connectivity index (χ0v) is 26.2. The monoisotopic (exact) mass is 689 g/mol. The van der Waals surface area contributed by atoms with Crippen molar-refractivity contribution in [2.24, 2.45) is 0 Å². The summed E-state index contributed by atoms with van der Waals surface area (Å²) in [6.45, 7) is -4.78. The summed E-state index contributed by atoms with van der Waals surface area (Å²) in [5.41, 5.74) is 1.35. The highest BCUT2D eigenvalue weighted by molar-refractivity contribution is 8.03. The fourth-order valence-corrected chi connectivity index (χ4v) is 6.31. The second-order valence-electron chi connectivity index (χ2n) is 10.8. The van der Waals surface area contributed by atoms with E-state index in [2.05, 4.69) is 29.2 Å². The Hall–Kier alpha value is -4.78. The maximum atomic E-state index is 13.1. The Kier molecular flexibility index (Phi) is 11.6. The minimum Gasteiger partial charge on any atom is -0.445 e. The molecule has 0 saturated carbocycles. The minimum atomic E-state index is -6.30. The van der Waals surface area contributed by atoms with E-state index in [0.29, 0.717) is 10.5 Å². The van der Waals surface area contributed by atoms with Gasteiger partial charge in [0.15, 0.2) is 28.1 Å². The van der Waals surface area contributed by atoms with Gasteiger partial charge in [-0.3, -0.25) is 4.79 Å². The van der Waals surface area contributed by atoms with Crippen LogP contribution in [0.3, 0.4) is 0 Å². The second-order valence-corrected chi connectivity index (χ2v) is 13.6. The molecule has 3 nitrogen and oxygen atoms in total. The second kappa shape index (κ2) is 15.4. The molecule has 0 amide bonds. The van der Waals surface area contributed by atoms with Crippen LogP contribution in [0, 0.1) is 29.1 Å². The van der Waals surface area contributed by atoms with Gasteiger partial charge in [0.05, 0.1) is 0 Å². The minimum absolute atomic E-state index is 0.00804. The number of ketones is 1. The van der Waals surface area contributed by atoms with Crippen LogP contribution in [0.25, 0.3) is 0 Å². The lowest BCUT2D eigenvalue weighted by molar-refractivity contribution is 0.102. The van der Waals surface area contributed by atoms with E-state index in [4.69, 9.17) is 0 Å². The first-order valence-electron chi connectivity index (χ1n) is 14.4. The summed E-state index contributed by atoms with van der Waals surface area (Å²) < 4.78 is 111. The van der Waals surface area contributed by atoms with E-state index < -0.39 is 51.5 Å². The third kappa shape index (κ3) is 8.97. The quantitative estimate of drug-likeness (QED) is 0.0368. The summed E-state index contributed by atoms with van der Waals surface area (Å²) in [7, 11) is -2.43. The number of rotatable bonds is 10. The number of halogens is 8. The number of nitrogens with zero attached hydrogens (tertiary/aromatic N) is 1. The van der Waals surface area contributed by atoms with E-state index in [1.54, 1.807) is 6.26 Å². The van der Waals surface area contributed by atoms with Gasteiger partial charge >= 0.3 is 6.98 Å². The van der Waals surface area contributed by atoms with Gasteiger partial charge in [-0.1, -0.05) is 83.1 Å². The Bertz CT molecular complexity index is 1820. The SMILES string of the molecule is C[S+](=O)(CC(=O)c1ccc(N(Cc2ccccc2)Cc2ccccc2)cc1)c1ccccc1.Fc1c(F)c(F)c([B-](F)(F)F)c(F)c1F. The van der Waals surface area contributed by atoms with Crippen LogP contribution in [0.2, 0.25) is 0 Å². The molecule has 0 N–H and O–H groups in total. The lowest BCUT2D eigenvalue weighted by atomic mass is 9.79. The number of hydrogen-bond acceptors (Lipinski definition) is 3. The first-order valence-corrected chi connectivity index (χ1v) is 16.5. The third-order valence-corrected chi connectivity index (χ3v) is 9.29. The molecule has 0 radical (unpaired) electrons. The van der Waals surface area contributed by atoms with E-state index in [-0.39, 0.29) is 11.5 Å². The molecule has 0 heterocycles. The largest absolute Gasteiger partial charge is 0.515 e. The molecule has 0 aliphatic carbocycles. The summed E-state index contributed by atoms with van der Waals surface area (Å²) in [4.78, 5) is 15.9. The van der Waals surface area contributed by atoms with Crippen LogP contribution in [-0.4, -0.2) is 24.8 Å². The molecule has 1 unspecified atom stereocenters. The van der Waals surface area contributed by atoms with Crippen LogP contribution in [0.15, 0.2) is 120 Å². The number of carbonyl (C=O) groups is 1. The normalized spacial score (nSPS) is 12.4. The predicted octanol–water partition coefficient (Wildman–Crippen LogP) is 8.70. The third-order valence-electron chi connectivity index (χ3n) is 7.21. The highest BCUT2D eigenvalue weighted by Gasteiger charge is 2.38. The summed E-state index contributed by atoms with van der Waals surface area (Å²) in [6.07, 6.45) is 1.66. The number of Topliss-reactive ketones (excluding diaryl/α,β-unsaturated/α-hetero) is 1. The Morgan fingerprint density at radius 1 is 0.604 bits per heavy atom. The lowest BCUT2D eigenvalue weighted by Gasteiger charge is -2.25. The Morgan fingerprint density at radius 2 is 1.00 bits per heavy atom. The van der Waals surface area contributed by atoms with Crippen molar-refractivity contribution in [3.63, 3.8) is 0 Å². The van der Waals surface area contributed by atoms with Gasteiger partial charge in [0, 0.05) is 24.3 Å². The van der Waals surface area contributed by atoms with Gasteiger partial charge in [-0.25, -0.2) is 22.0 Å². The van der Waals surface area contributed by atoms with Gasteiger partial charge in [-0.15, -0.1) is 0 Å². The van der Waals surface area contributed by atoms with Gasteiger partial charge in [-0.05, 0) is 53.0 Å². The first-order chi connectivity index (χ1) is 22.7. The molecule has 0 spiro atoms. The first kappa shape index (κ1) is 36.1. The van der Waals surface area contributed by atoms with Gasteiger partial charge in [0.2, 0.25) is 5.78 Å². The molecule has 5 rings (SSSR count). The molecule has 1 atom stereocenters.